The Morgan fingerprint density at radius 3 is 2.29 bits per heavy atom. The van der Waals surface area contributed by atoms with E-state index in [4.69, 9.17) is 16.3 Å². The smallest absolute Gasteiger partial charge is 0.337 e. The fraction of sp³-hybridized carbons (Fsp3) is 0.346. The number of hydrogen-bond donors (Lipinski definition) is 1. The minimum Gasteiger partial charge on any atom is -0.479 e. The van der Waals surface area contributed by atoms with Gasteiger partial charge in [-0.3, -0.25) is 0 Å². The molecule has 164 valence electrons. The van der Waals surface area contributed by atoms with Crippen LogP contribution in [0.25, 0.3) is 21.9 Å². The van der Waals surface area contributed by atoms with Gasteiger partial charge in [0.2, 0.25) is 0 Å². The lowest BCUT2D eigenvalue weighted by atomic mass is 9.86. The number of nitrogens with zero attached hydrogens (tertiary/aromatic N) is 1. The normalized spacial score (nSPS) is 13.0. The van der Waals surface area contributed by atoms with Crippen molar-refractivity contribution in [3.05, 3.63) is 70.2 Å². The van der Waals surface area contributed by atoms with Gasteiger partial charge in [0, 0.05) is 17.1 Å². The van der Waals surface area contributed by atoms with Crippen molar-refractivity contribution in [2.45, 2.75) is 45.9 Å². The third-order valence-electron chi connectivity index (χ3n) is 5.10. The molecule has 5 heteroatoms. The second-order valence-corrected chi connectivity index (χ2v) is 9.62. The Morgan fingerprint density at radius 2 is 1.74 bits per heavy atom. The van der Waals surface area contributed by atoms with Gasteiger partial charge >= 0.3 is 5.97 Å². The minimum atomic E-state index is -1.09. The van der Waals surface area contributed by atoms with Crippen LogP contribution >= 0.6 is 11.6 Å². The molecule has 0 heterocycles. The van der Waals surface area contributed by atoms with Crippen LogP contribution in [0.5, 0.6) is 0 Å². The second kappa shape index (κ2) is 8.99. The molecule has 4 nitrogen and oxygen atoms in total. The van der Waals surface area contributed by atoms with Gasteiger partial charge in [-0.05, 0) is 86.9 Å². The number of fused-ring (bicyclic) bond motifs is 1. The van der Waals surface area contributed by atoms with Gasteiger partial charge in [-0.25, -0.2) is 4.79 Å². The summed E-state index contributed by atoms with van der Waals surface area (Å²) in [4.78, 5) is 14.5. The Bertz CT molecular complexity index is 1100. The maximum atomic E-state index is 12.4. The summed E-state index contributed by atoms with van der Waals surface area (Å²) in [5.41, 5.74) is 3.94. The van der Waals surface area contributed by atoms with Crippen LogP contribution in [0.3, 0.4) is 0 Å². The molecule has 3 aromatic carbocycles. The average molecular weight is 440 g/mol. The van der Waals surface area contributed by atoms with E-state index >= 15 is 0 Å². The van der Waals surface area contributed by atoms with Gasteiger partial charge in [0.25, 0.3) is 0 Å². The quantitative estimate of drug-likeness (QED) is 0.478. The Hall–Kier alpha value is -2.40. The number of benzene rings is 3. The SMILES string of the molecule is Cc1cc2c(CN(C)C)cccc2c(-c2ccc(Cl)cc2)c1C(OC(C)(C)C)C(=O)O. The topological polar surface area (TPSA) is 49.8 Å². The van der Waals surface area contributed by atoms with E-state index in [0.29, 0.717) is 10.6 Å². The number of rotatable bonds is 6. The first-order valence-electron chi connectivity index (χ1n) is 10.3. The summed E-state index contributed by atoms with van der Waals surface area (Å²) in [6, 6.07) is 15.8. The molecule has 0 fully saturated rings. The molecule has 0 aliphatic carbocycles. The van der Waals surface area contributed by atoms with Gasteiger partial charge in [0.15, 0.2) is 6.10 Å². The third-order valence-corrected chi connectivity index (χ3v) is 5.35. The molecule has 0 saturated carbocycles. The Kier molecular flexibility index (Phi) is 6.75. The van der Waals surface area contributed by atoms with Crippen LogP contribution in [-0.2, 0) is 16.1 Å². The Balaban J connectivity index is 2.40. The van der Waals surface area contributed by atoms with Crippen molar-refractivity contribution in [2.75, 3.05) is 14.1 Å². The van der Waals surface area contributed by atoms with Crippen molar-refractivity contribution < 1.29 is 14.6 Å². The van der Waals surface area contributed by atoms with E-state index in [1.54, 1.807) is 0 Å². The van der Waals surface area contributed by atoms with Crippen molar-refractivity contribution >= 4 is 28.3 Å². The van der Waals surface area contributed by atoms with Gasteiger partial charge < -0.3 is 14.7 Å². The molecule has 3 rings (SSSR count). The summed E-state index contributed by atoms with van der Waals surface area (Å²) in [7, 11) is 4.08. The number of aryl methyl sites for hydroxylation is 1. The number of carbonyl (C=O) groups is 1. The number of hydrogen-bond acceptors (Lipinski definition) is 3. The van der Waals surface area contributed by atoms with Crippen molar-refractivity contribution in [3.63, 3.8) is 0 Å². The lowest BCUT2D eigenvalue weighted by Crippen LogP contribution is -2.28. The minimum absolute atomic E-state index is 0.617. The van der Waals surface area contributed by atoms with Crippen LogP contribution in [0, 0.1) is 6.92 Å². The number of carboxylic acids is 1. The summed E-state index contributed by atoms with van der Waals surface area (Å²) >= 11 is 6.15. The molecule has 0 aromatic heterocycles. The van der Waals surface area contributed by atoms with Crippen LogP contribution < -0.4 is 0 Å². The molecular weight excluding hydrogens is 410 g/mol. The number of aliphatic carboxylic acids is 1. The molecule has 0 spiro atoms. The summed E-state index contributed by atoms with van der Waals surface area (Å²) in [6.45, 7) is 8.36. The van der Waals surface area contributed by atoms with Gasteiger partial charge in [-0.1, -0.05) is 48.0 Å². The standard InChI is InChI=1S/C26H30ClNO3/c1-16-14-21-18(15-28(5)6)8-7-9-20(21)23(17-10-12-19(27)13-11-17)22(16)24(25(29)30)31-26(2,3)4/h7-14,24H,15H2,1-6H3,(H,29,30). The van der Waals surface area contributed by atoms with Crippen molar-refractivity contribution in [1.29, 1.82) is 0 Å². The van der Waals surface area contributed by atoms with Crippen LogP contribution in [0.1, 0.15) is 43.6 Å². The average Bonchev–Trinajstić information content (AvgIpc) is 2.65. The highest BCUT2D eigenvalue weighted by Gasteiger charge is 2.31. The zero-order chi connectivity index (χ0) is 22.9. The maximum absolute atomic E-state index is 12.4. The van der Waals surface area contributed by atoms with E-state index in [-0.39, 0.29) is 0 Å². The highest BCUT2D eigenvalue weighted by Crippen LogP contribution is 2.41. The molecule has 0 radical (unpaired) electrons. The predicted octanol–water partition coefficient (Wildman–Crippen LogP) is 6.47. The first-order valence-corrected chi connectivity index (χ1v) is 10.7. The van der Waals surface area contributed by atoms with Crippen LogP contribution in [0.4, 0.5) is 0 Å². The van der Waals surface area contributed by atoms with Gasteiger partial charge in [0.05, 0.1) is 5.60 Å². The molecule has 1 unspecified atom stereocenters. The second-order valence-electron chi connectivity index (χ2n) is 9.19. The number of halogens is 1. The molecule has 1 N–H and O–H groups in total. The van der Waals surface area contributed by atoms with E-state index < -0.39 is 17.7 Å². The van der Waals surface area contributed by atoms with E-state index in [9.17, 15) is 9.90 Å². The highest BCUT2D eigenvalue weighted by atomic mass is 35.5. The highest BCUT2D eigenvalue weighted by molar-refractivity contribution is 6.30. The monoisotopic (exact) mass is 439 g/mol. The molecule has 0 amide bonds. The first kappa shape index (κ1) is 23.3. The molecule has 31 heavy (non-hydrogen) atoms. The summed E-state index contributed by atoms with van der Waals surface area (Å²) in [5, 5.41) is 12.9. The number of carboxylic acid groups (broad SMARTS) is 1. The zero-order valence-electron chi connectivity index (χ0n) is 19.0. The molecule has 0 saturated heterocycles. The van der Waals surface area contributed by atoms with Crippen LogP contribution in [0.15, 0.2) is 48.5 Å². The lowest BCUT2D eigenvalue weighted by Gasteiger charge is -2.29. The fourth-order valence-electron chi connectivity index (χ4n) is 3.97. The van der Waals surface area contributed by atoms with Gasteiger partial charge in [-0.2, -0.15) is 0 Å². The Morgan fingerprint density at radius 1 is 1.10 bits per heavy atom. The zero-order valence-corrected chi connectivity index (χ0v) is 19.7. The van der Waals surface area contributed by atoms with Crippen LogP contribution in [0.2, 0.25) is 5.02 Å². The van der Waals surface area contributed by atoms with Gasteiger partial charge in [0.1, 0.15) is 0 Å². The maximum Gasteiger partial charge on any atom is 0.337 e. The van der Waals surface area contributed by atoms with Crippen LogP contribution in [-0.4, -0.2) is 35.7 Å². The third kappa shape index (κ3) is 5.27. The molecule has 3 aromatic rings. The largest absolute Gasteiger partial charge is 0.479 e. The predicted molar refractivity (Wildman–Crippen MR) is 128 cm³/mol. The summed E-state index contributed by atoms with van der Waals surface area (Å²) < 4.78 is 6.06. The van der Waals surface area contributed by atoms with Gasteiger partial charge in [-0.15, -0.1) is 0 Å². The van der Waals surface area contributed by atoms with Crippen molar-refractivity contribution in [1.82, 2.24) is 4.90 Å². The molecule has 1 atom stereocenters. The molecule has 0 aliphatic heterocycles. The van der Waals surface area contributed by atoms with E-state index in [0.717, 1.165) is 34.0 Å². The number of ether oxygens (including phenoxy) is 1. The van der Waals surface area contributed by atoms with Crippen molar-refractivity contribution in [2.24, 2.45) is 0 Å². The fourth-order valence-corrected chi connectivity index (χ4v) is 4.09. The summed E-state index contributed by atoms with van der Waals surface area (Å²) in [5.74, 6) is -1.00. The lowest BCUT2D eigenvalue weighted by molar-refractivity contribution is -0.160. The molecule has 0 aliphatic rings. The summed E-state index contributed by atoms with van der Waals surface area (Å²) in [6.07, 6.45) is -1.09. The molecular formula is C26H30ClNO3. The van der Waals surface area contributed by atoms with E-state index in [1.807, 2.05) is 72.1 Å². The Labute approximate surface area is 189 Å². The first-order chi connectivity index (χ1) is 14.5. The van der Waals surface area contributed by atoms with E-state index in [1.165, 1.54) is 5.56 Å². The van der Waals surface area contributed by atoms with E-state index in [2.05, 4.69) is 23.1 Å². The van der Waals surface area contributed by atoms with Crippen molar-refractivity contribution in [3.8, 4) is 11.1 Å². The molecule has 0 bridgehead atoms.